The van der Waals surface area contributed by atoms with Gasteiger partial charge in [-0.2, -0.15) is 0 Å². The summed E-state index contributed by atoms with van der Waals surface area (Å²) in [6.45, 7) is 14.1. The summed E-state index contributed by atoms with van der Waals surface area (Å²) in [4.78, 5) is 0. The van der Waals surface area contributed by atoms with Crippen molar-refractivity contribution in [2.45, 2.75) is 144 Å². The molecule has 0 amide bonds. The minimum atomic E-state index is 0.479. The molecule has 0 aromatic rings. The normalized spacial score (nSPS) is 16.6. The first-order valence-electron chi connectivity index (χ1n) is 11.8. The molecule has 0 saturated heterocycles. The van der Waals surface area contributed by atoms with Crippen LogP contribution in [0.25, 0.3) is 0 Å². The fraction of sp³-hybridized carbons (Fsp3) is 1.00. The molecule has 1 heteroatoms. The van der Waals surface area contributed by atoms with Crippen molar-refractivity contribution in [1.82, 2.24) is 0 Å². The maximum atomic E-state index is 6.84. The monoisotopic (exact) mass is 354 g/mol. The van der Waals surface area contributed by atoms with Crippen LogP contribution in [0, 0.1) is 11.8 Å². The molecule has 0 fully saturated rings. The summed E-state index contributed by atoms with van der Waals surface area (Å²) in [7, 11) is 0. The van der Waals surface area contributed by atoms with Crippen LogP contribution in [0.4, 0.5) is 0 Å². The predicted octanol–water partition coefficient (Wildman–Crippen LogP) is 8.55. The first-order chi connectivity index (χ1) is 12.1. The van der Waals surface area contributed by atoms with Gasteiger partial charge in [0.1, 0.15) is 0 Å². The van der Waals surface area contributed by atoms with Crippen molar-refractivity contribution < 1.29 is 4.74 Å². The van der Waals surface area contributed by atoms with Gasteiger partial charge in [0, 0.05) is 0 Å². The SMILES string of the molecule is CCCCCCC(OC(CCCCCC)C(C)CCC)C(C)CCC. The van der Waals surface area contributed by atoms with Crippen LogP contribution in [-0.2, 0) is 4.74 Å². The number of ether oxygens (including phenoxy) is 1. The molecule has 0 N–H and O–H groups in total. The summed E-state index contributed by atoms with van der Waals surface area (Å²) in [6.07, 6.45) is 19.5. The van der Waals surface area contributed by atoms with Gasteiger partial charge in [-0.05, 0) is 37.5 Å². The molecule has 0 aliphatic heterocycles. The lowest BCUT2D eigenvalue weighted by Crippen LogP contribution is -2.32. The maximum absolute atomic E-state index is 6.84. The molecule has 4 unspecified atom stereocenters. The summed E-state index contributed by atoms with van der Waals surface area (Å²) in [5, 5.41) is 0. The molecule has 0 bridgehead atoms. The molecule has 0 spiro atoms. The van der Waals surface area contributed by atoms with Crippen molar-refractivity contribution >= 4 is 0 Å². The molecule has 25 heavy (non-hydrogen) atoms. The lowest BCUT2D eigenvalue weighted by molar-refractivity contribution is -0.0740. The second-order valence-electron chi connectivity index (χ2n) is 8.44. The van der Waals surface area contributed by atoms with E-state index in [4.69, 9.17) is 4.74 Å². The lowest BCUT2D eigenvalue weighted by Gasteiger charge is -2.32. The number of hydrogen-bond donors (Lipinski definition) is 0. The second kappa shape index (κ2) is 17.4. The van der Waals surface area contributed by atoms with Crippen molar-refractivity contribution in [3.05, 3.63) is 0 Å². The van der Waals surface area contributed by atoms with E-state index >= 15 is 0 Å². The van der Waals surface area contributed by atoms with E-state index in [2.05, 4.69) is 41.5 Å². The topological polar surface area (TPSA) is 9.23 Å². The van der Waals surface area contributed by atoms with E-state index in [0.717, 1.165) is 0 Å². The van der Waals surface area contributed by atoms with Crippen molar-refractivity contribution in [3.63, 3.8) is 0 Å². The Morgan fingerprint density at radius 1 is 0.480 bits per heavy atom. The van der Waals surface area contributed by atoms with Crippen LogP contribution < -0.4 is 0 Å². The summed E-state index contributed by atoms with van der Waals surface area (Å²) < 4.78 is 6.84. The molecule has 0 heterocycles. The Balaban J connectivity index is 4.69. The van der Waals surface area contributed by atoms with E-state index < -0.39 is 0 Å². The zero-order valence-electron chi connectivity index (χ0n) is 18.6. The van der Waals surface area contributed by atoms with Crippen molar-refractivity contribution in [2.24, 2.45) is 11.8 Å². The third-order valence-corrected chi connectivity index (χ3v) is 5.79. The van der Waals surface area contributed by atoms with Crippen molar-refractivity contribution in [1.29, 1.82) is 0 Å². The highest BCUT2D eigenvalue weighted by Gasteiger charge is 2.24. The first-order valence-corrected chi connectivity index (χ1v) is 11.8. The van der Waals surface area contributed by atoms with E-state index in [-0.39, 0.29) is 0 Å². The molecule has 0 saturated carbocycles. The molecule has 4 atom stereocenters. The molecule has 0 rings (SSSR count). The molecular formula is C24H50O. The van der Waals surface area contributed by atoms with E-state index in [9.17, 15) is 0 Å². The molecule has 0 aromatic heterocycles. The Hall–Kier alpha value is -0.0400. The summed E-state index contributed by atoms with van der Waals surface area (Å²) in [5.41, 5.74) is 0. The highest BCUT2D eigenvalue weighted by molar-refractivity contribution is 4.73. The summed E-state index contributed by atoms with van der Waals surface area (Å²) in [6, 6.07) is 0. The minimum absolute atomic E-state index is 0.479. The summed E-state index contributed by atoms with van der Waals surface area (Å²) >= 11 is 0. The predicted molar refractivity (Wildman–Crippen MR) is 114 cm³/mol. The van der Waals surface area contributed by atoms with Crippen LogP contribution in [-0.4, -0.2) is 12.2 Å². The molecular weight excluding hydrogens is 304 g/mol. The third-order valence-electron chi connectivity index (χ3n) is 5.79. The fourth-order valence-corrected chi connectivity index (χ4v) is 4.02. The van der Waals surface area contributed by atoms with Gasteiger partial charge in [-0.3, -0.25) is 0 Å². The van der Waals surface area contributed by atoms with Crippen LogP contribution in [0.1, 0.15) is 131 Å². The molecule has 0 radical (unpaired) electrons. The first kappa shape index (κ1) is 25.0. The van der Waals surface area contributed by atoms with Crippen LogP contribution >= 0.6 is 0 Å². The van der Waals surface area contributed by atoms with Gasteiger partial charge in [0.15, 0.2) is 0 Å². The smallest absolute Gasteiger partial charge is 0.0604 e. The van der Waals surface area contributed by atoms with E-state index in [1.807, 2.05) is 0 Å². The second-order valence-corrected chi connectivity index (χ2v) is 8.44. The van der Waals surface area contributed by atoms with Crippen LogP contribution in [0.2, 0.25) is 0 Å². The van der Waals surface area contributed by atoms with Crippen molar-refractivity contribution in [2.75, 3.05) is 0 Å². The quantitative estimate of drug-likeness (QED) is 0.224. The minimum Gasteiger partial charge on any atom is -0.374 e. The Labute approximate surface area is 160 Å². The van der Waals surface area contributed by atoms with Gasteiger partial charge in [0.25, 0.3) is 0 Å². The van der Waals surface area contributed by atoms with E-state index in [0.29, 0.717) is 24.0 Å². The van der Waals surface area contributed by atoms with E-state index in [1.54, 1.807) is 0 Å². The van der Waals surface area contributed by atoms with Crippen LogP contribution in [0.5, 0.6) is 0 Å². The molecule has 0 aromatic carbocycles. The van der Waals surface area contributed by atoms with Crippen molar-refractivity contribution in [3.8, 4) is 0 Å². The average Bonchev–Trinajstić information content (AvgIpc) is 2.59. The Kier molecular flexibility index (Phi) is 17.3. The molecule has 1 nitrogen and oxygen atoms in total. The van der Waals surface area contributed by atoms with E-state index in [1.165, 1.54) is 89.9 Å². The molecule has 0 aliphatic rings. The van der Waals surface area contributed by atoms with Crippen LogP contribution in [0.15, 0.2) is 0 Å². The Bertz CT molecular complexity index is 237. The Morgan fingerprint density at radius 2 is 0.880 bits per heavy atom. The molecule has 0 aliphatic carbocycles. The van der Waals surface area contributed by atoms with Gasteiger partial charge in [-0.25, -0.2) is 0 Å². The average molecular weight is 355 g/mol. The summed E-state index contributed by atoms with van der Waals surface area (Å²) in [5.74, 6) is 1.41. The molecule has 152 valence electrons. The largest absolute Gasteiger partial charge is 0.374 e. The number of hydrogen-bond acceptors (Lipinski definition) is 1. The van der Waals surface area contributed by atoms with Gasteiger partial charge in [0.05, 0.1) is 12.2 Å². The third kappa shape index (κ3) is 12.9. The highest BCUT2D eigenvalue weighted by atomic mass is 16.5. The fourth-order valence-electron chi connectivity index (χ4n) is 4.02. The lowest BCUT2D eigenvalue weighted by atomic mass is 9.91. The highest BCUT2D eigenvalue weighted by Crippen LogP contribution is 2.27. The number of rotatable bonds is 18. The van der Waals surface area contributed by atoms with Crippen LogP contribution in [0.3, 0.4) is 0 Å². The maximum Gasteiger partial charge on any atom is 0.0604 e. The van der Waals surface area contributed by atoms with Gasteiger partial charge in [-0.15, -0.1) is 0 Å². The zero-order chi connectivity index (χ0) is 18.9. The zero-order valence-corrected chi connectivity index (χ0v) is 18.6. The Morgan fingerprint density at radius 3 is 1.20 bits per heavy atom. The van der Waals surface area contributed by atoms with Gasteiger partial charge in [0.2, 0.25) is 0 Å². The number of unbranched alkanes of at least 4 members (excludes halogenated alkanes) is 6. The van der Waals surface area contributed by atoms with Gasteiger partial charge >= 0.3 is 0 Å². The van der Waals surface area contributed by atoms with Gasteiger partial charge in [-0.1, -0.05) is 106 Å². The van der Waals surface area contributed by atoms with Gasteiger partial charge < -0.3 is 4.74 Å². The standard InChI is InChI=1S/C24H50O/c1-7-11-13-15-19-23(21(5)17-9-3)25-24(22(6)18-10-4)20-16-14-12-8-2/h21-24H,7-20H2,1-6H3.